The van der Waals surface area contributed by atoms with Crippen LogP contribution in [0.1, 0.15) is 40.2 Å². The molecule has 0 aliphatic heterocycles. The molecule has 20 heavy (non-hydrogen) atoms. The van der Waals surface area contributed by atoms with Crippen molar-refractivity contribution in [3.63, 3.8) is 0 Å². The molecule has 1 heterocycles. The van der Waals surface area contributed by atoms with Crippen LogP contribution in [-0.2, 0) is 11.2 Å². The van der Waals surface area contributed by atoms with Crippen LogP contribution in [0.3, 0.4) is 0 Å². The van der Waals surface area contributed by atoms with E-state index in [1.54, 1.807) is 4.57 Å². The van der Waals surface area contributed by atoms with Crippen LogP contribution >= 0.6 is 0 Å². The summed E-state index contributed by atoms with van der Waals surface area (Å²) in [4.78, 5) is 12.3. The van der Waals surface area contributed by atoms with Gasteiger partial charge < -0.3 is 4.74 Å². The molecule has 0 saturated heterocycles. The van der Waals surface area contributed by atoms with E-state index in [1.807, 2.05) is 45.2 Å². The second-order valence-electron chi connectivity index (χ2n) is 6.62. The Kier molecular flexibility index (Phi) is 3.89. The molecular formula is C17H23NO2. The first kappa shape index (κ1) is 14.6. The van der Waals surface area contributed by atoms with Crippen molar-refractivity contribution in [3.8, 4) is 0 Å². The number of hydrogen-bond donors (Lipinski definition) is 0. The van der Waals surface area contributed by atoms with Gasteiger partial charge >= 0.3 is 6.09 Å². The summed E-state index contributed by atoms with van der Waals surface area (Å²) >= 11 is 0. The molecule has 2 aromatic rings. The van der Waals surface area contributed by atoms with Gasteiger partial charge in [0.15, 0.2) is 0 Å². The van der Waals surface area contributed by atoms with Crippen molar-refractivity contribution < 1.29 is 9.53 Å². The lowest BCUT2D eigenvalue weighted by atomic mass is 10.0. The van der Waals surface area contributed by atoms with E-state index in [9.17, 15) is 4.79 Å². The summed E-state index contributed by atoms with van der Waals surface area (Å²) in [6.45, 7) is 10.0. The highest BCUT2D eigenvalue weighted by Gasteiger charge is 2.20. The number of carbonyl (C=O) groups is 1. The molecule has 0 N–H and O–H groups in total. The first-order valence-corrected chi connectivity index (χ1v) is 7.10. The van der Waals surface area contributed by atoms with Gasteiger partial charge in [-0.1, -0.05) is 32.0 Å². The molecule has 108 valence electrons. The number of para-hydroxylation sites is 1. The fourth-order valence-electron chi connectivity index (χ4n) is 2.31. The maximum Gasteiger partial charge on any atom is 0.419 e. The van der Waals surface area contributed by atoms with Crippen molar-refractivity contribution in [3.05, 3.63) is 36.0 Å². The van der Waals surface area contributed by atoms with E-state index in [2.05, 4.69) is 19.9 Å². The molecule has 3 heteroatoms. The summed E-state index contributed by atoms with van der Waals surface area (Å²) in [6.07, 6.45) is 2.55. The first-order valence-electron chi connectivity index (χ1n) is 7.10. The number of hydrogen-bond acceptors (Lipinski definition) is 2. The van der Waals surface area contributed by atoms with Gasteiger partial charge in [-0.2, -0.15) is 0 Å². The van der Waals surface area contributed by atoms with Crippen LogP contribution in [0.2, 0.25) is 0 Å². The SMILES string of the molecule is CC(C)Cc1cn(C(=O)OC(C)(C)C)c2ccccc12. The molecule has 0 atom stereocenters. The maximum absolute atomic E-state index is 12.3. The van der Waals surface area contributed by atoms with Crippen LogP contribution in [0.4, 0.5) is 4.79 Å². The van der Waals surface area contributed by atoms with Gasteiger partial charge in [0.05, 0.1) is 5.52 Å². The van der Waals surface area contributed by atoms with Crippen LogP contribution in [0.5, 0.6) is 0 Å². The van der Waals surface area contributed by atoms with Crippen LogP contribution < -0.4 is 0 Å². The molecule has 1 aromatic carbocycles. The number of ether oxygens (including phenoxy) is 1. The molecule has 0 saturated carbocycles. The Labute approximate surface area is 120 Å². The quantitative estimate of drug-likeness (QED) is 0.799. The lowest BCUT2D eigenvalue weighted by Crippen LogP contribution is -2.26. The molecule has 3 nitrogen and oxygen atoms in total. The molecule has 0 aliphatic carbocycles. The normalized spacial score (nSPS) is 12.1. The zero-order valence-electron chi connectivity index (χ0n) is 12.9. The summed E-state index contributed by atoms with van der Waals surface area (Å²) in [5, 5.41) is 1.13. The predicted octanol–water partition coefficient (Wildman–Crippen LogP) is 4.62. The van der Waals surface area contributed by atoms with Crippen molar-refractivity contribution in [2.75, 3.05) is 0 Å². The maximum atomic E-state index is 12.3. The molecule has 0 radical (unpaired) electrons. The number of aromatic nitrogens is 1. The standard InChI is InChI=1S/C17H23NO2/c1-12(2)10-13-11-18(16(19)20-17(3,4)5)15-9-7-6-8-14(13)15/h6-9,11-12H,10H2,1-5H3. The third kappa shape index (κ3) is 3.21. The first-order chi connectivity index (χ1) is 9.28. The van der Waals surface area contributed by atoms with Crippen molar-refractivity contribution in [2.24, 2.45) is 5.92 Å². The van der Waals surface area contributed by atoms with Gasteiger partial charge in [0.1, 0.15) is 5.60 Å². The van der Waals surface area contributed by atoms with Crippen LogP contribution in [-0.4, -0.2) is 16.3 Å². The number of nitrogens with zero attached hydrogens (tertiary/aromatic N) is 1. The monoisotopic (exact) mass is 273 g/mol. The summed E-state index contributed by atoms with van der Waals surface area (Å²) in [5.41, 5.74) is 1.62. The van der Waals surface area contributed by atoms with E-state index >= 15 is 0 Å². The van der Waals surface area contributed by atoms with Crippen molar-refractivity contribution >= 4 is 17.0 Å². The van der Waals surface area contributed by atoms with Crippen LogP contribution in [0, 0.1) is 5.92 Å². The van der Waals surface area contributed by atoms with E-state index in [-0.39, 0.29) is 6.09 Å². The number of benzene rings is 1. The Hall–Kier alpha value is -1.77. The lowest BCUT2D eigenvalue weighted by Gasteiger charge is -2.19. The Bertz CT molecular complexity index is 617. The minimum Gasteiger partial charge on any atom is -0.443 e. The minimum absolute atomic E-state index is 0.316. The zero-order chi connectivity index (χ0) is 14.9. The number of carbonyl (C=O) groups excluding carboxylic acids is 1. The molecule has 0 unspecified atom stereocenters. The highest BCUT2D eigenvalue weighted by Crippen LogP contribution is 2.24. The van der Waals surface area contributed by atoms with Gasteiger partial charge in [0, 0.05) is 11.6 Å². The van der Waals surface area contributed by atoms with Gasteiger partial charge in [0.2, 0.25) is 0 Å². The van der Waals surface area contributed by atoms with Crippen molar-refractivity contribution in [1.82, 2.24) is 4.57 Å². The van der Waals surface area contributed by atoms with E-state index in [0.717, 1.165) is 17.3 Å². The molecular weight excluding hydrogens is 250 g/mol. The minimum atomic E-state index is -0.485. The van der Waals surface area contributed by atoms with Crippen LogP contribution in [0.25, 0.3) is 10.9 Å². The Morgan fingerprint density at radius 1 is 1.25 bits per heavy atom. The van der Waals surface area contributed by atoms with Gasteiger partial charge in [-0.25, -0.2) is 4.79 Å². The van der Waals surface area contributed by atoms with E-state index in [1.165, 1.54) is 5.56 Å². The highest BCUT2D eigenvalue weighted by atomic mass is 16.6. The fourth-order valence-corrected chi connectivity index (χ4v) is 2.31. The average molecular weight is 273 g/mol. The van der Waals surface area contributed by atoms with E-state index < -0.39 is 5.60 Å². The van der Waals surface area contributed by atoms with Gasteiger partial charge in [-0.3, -0.25) is 4.57 Å². The van der Waals surface area contributed by atoms with Gasteiger partial charge in [0.25, 0.3) is 0 Å². The zero-order valence-corrected chi connectivity index (χ0v) is 12.9. The second-order valence-corrected chi connectivity index (χ2v) is 6.62. The van der Waals surface area contributed by atoms with Crippen LogP contribution in [0.15, 0.2) is 30.5 Å². The fraction of sp³-hybridized carbons (Fsp3) is 0.471. The highest BCUT2D eigenvalue weighted by molar-refractivity contribution is 5.92. The Balaban J connectivity index is 2.46. The Morgan fingerprint density at radius 2 is 1.90 bits per heavy atom. The summed E-state index contributed by atoms with van der Waals surface area (Å²) in [7, 11) is 0. The van der Waals surface area contributed by atoms with Crippen molar-refractivity contribution in [1.29, 1.82) is 0 Å². The predicted molar refractivity (Wildman–Crippen MR) is 82.1 cm³/mol. The van der Waals surface area contributed by atoms with Gasteiger partial charge in [-0.15, -0.1) is 0 Å². The van der Waals surface area contributed by atoms with E-state index in [4.69, 9.17) is 4.74 Å². The van der Waals surface area contributed by atoms with E-state index in [0.29, 0.717) is 5.92 Å². The third-order valence-electron chi connectivity index (χ3n) is 3.01. The molecule has 0 aliphatic rings. The van der Waals surface area contributed by atoms with Crippen molar-refractivity contribution in [2.45, 2.75) is 46.6 Å². The van der Waals surface area contributed by atoms with Gasteiger partial charge in [-0.05, 0) is 44.7 Å². The summed E-state index contributed by atoms with van der Waals surface area (Å²) in [6, 6.07) is 7.98. The lowest BCUT2D eigenvalue weighted by molar-refractivity contribution is 0.0544. The largest absolute Gasteiger partial charge is 0.443 e. The molecule has 2 rings (SSSR count). The molecule has 0 amide bonds. The summed E-state index contributed by atoms with van der Waals surface area (Å²) < 4.78 is 7.10. The number of fused-ring (bicyclic) bond motifs is 1. The second kappa shape index (κ2) is 5.31. The topological polar surface area (TPSA) is 31.2 Å². The molecule has 1 aromatic heterocycles. The number of rotatable bonds is 2. The molecule has 0 fully saturated rings. The molecule has 0 bridgehead atoms. The summed E-state index contributed by atoms with van der Waals surface area (Å²) in [5.74, 6) is 0.549. The smallest absolute Gasteiger partial charge is 0.419 e. The third-order valence-corrected chi connectivity index (χ3v) is 3.01. The Morgan fingerprint density at radius 3 is 2.50 bits per heavy atom. The average Bonchev–Trinajstić information content (AvgIpc) is 2.66. The molecule has 0 spiro atoms.